The molecule has 1 aromatic heterocycles. The molecule has 0 fully saturated rings. The van der Waals surface area contributed by atoms with Gasteiger partial charge in [0.25, 0.3) is 0 Å². The molecule has 2 N–H and O–H groups in total. The van der Waals surface area contributed by atoms with Crippen LogP contribution in [0.2, 0.25) is 5.02 Å². The maximum absolute atomic E-state index is 5.90. The van der Waals surface area contributed by atoms with Crippen LogP contribution < -0.4 is 15.4 Å². The minimum atomic E-state index is 0.00109. The Labute approximate surface area is 177 Å². The highest BCUT2D eigenvalue weighted by Gasteiger charge is 2.14. The van der Waals surface area contributed by atoms with E-state index in [9.17, 15) is 0 Å². The molecular formula is C21H31ClN6O. The zero-order valence-electron chi connectivity index (χ0n) is 17.3. The van der Waals surface area contributed by atoms with Crippen LogP contribution in [0.1, 0.15) is 44.3 Å². The second kappa shape index (κ2) is 11.0. The van der Waals surface area contributed by atoms with Gasteiger partial charge in [0.1, 0.15) is 23.5 Å². The van der Waals surface area contributed by atoms with E-state index in [0.29, 0.717) is 11.6 Å². The van der Waals surface area contributed by atoms with Crippen molar-refractivity contribution in [1.82, 2.24) is 25.4 Å². The molecule has 1 unspecified atom stereocenters. The number of aromatic nitrogens is 3. The SMILES string of the molecule is CN=C(NCCCc1nnc2n1CCCCC2)NCC(C)Oc1ccc(Cl)cc1. The summed E-state index contributed by atoms with van der Waals surface area (Å²) in [4.78, 5) is 4.28. The van der Waals surface area contributed by atoms with Gasteiger partial charge in [0.05, 0.1) is 6.54 Å². The van der Waals surface area contributed by atoms with E-state index in [4.69, 9.17) is 16.3 Å². The lowest BCUT2D eigenvalue weighted by atomic mass is 10.2. The van der Waals surface area contributed by atoms with Gasteiger partial charge in [-0.2, -0.15) is 0 Å². The average molecular weight is 419 g/mol. The van der Waals surface area contributed by atoms with Crippen molar-refractivity contribution in [3.05, 3.63) is 40.9 Å². The minimum absolute atomic E-state index is 0.00109. The van der Waals surface area contributed by atoms with Gasteiger partial charge in [-0.25, -0.2) is 0 Å². The number of benzene rings is 1. The third kappa shape index (κ3) is 6.63. The number of fused-ring (bicyclic) bond motifs is 1. The average Bonchev–Trinajstić information content (AvgIpc) is 2.95. The number of halogens is 1. The van der Waals surface area contributed by atoms with Gasteiger partial charge < -0.3 is 19.9 Å². The molecule has 0 spiro atoms. The monoisotopic (exact) mass is 418 g/mol. The van der Waals surface area contributed by atoms with Gasteiger partial charge >= 0.3 is 0 Å². The highest BCUT2D eigenvalue weighted by Crippen LogP contribution is 2.17. The summed E-state index contributed by atoms with van der Waals surface area (Å²) in [5.74, 6) is 3.84. The smallest absolute Gasteiger partial charge is 0.191 e. The second-order valence-corrected chi connectivity index (χ2v) is 7.80. The first kappa shape index (κ1) is 21.4. The van der Waals surface area contributed by atoms with Gasteiger partial charge in [0.2, 0.25) is 0 Å². The molecule has 0 aliphatic carbocycles. The summed E-state index contributed by atoms with van der Waals surface area (Å²) in [5.41, 5.74) is 0. The van der Waals surface area contributed by atoms with Crippen LogP contribution >= 0.6 is 11.6 Å². The molecule has 0 radical (unpaired) electrons. The second-order valence-electron chi connectivity index (χ2n) is 7.36. The summed E-state index contributed by atoms with van der Waals surface area (Å²) in [5, 5.41) is 16.1. The molecule has 1 aliphatic heterocycles. The standard InChI is InChI=1S/C21H31ClN6O/c1-16(29-18-11-9-17(22)10-12-18)15-25-21(23-2)24-13-6-8-20-27-26-19-7-4-3-5-14-28(19)20/h9-12,16H,3-8,13-15H2,1-2H3,(H2,23,24,25). The molecule has 2 aromatic rings. The Hall–Kier alpha value is -2.28. The summed E-state index contributed by atoms with van der Waals surface area (Å²) in [7, 11) is 1.78. The Morgan fingerprint density at radius 1 is 1.21 bits per heavy atom. The van der Waals surface area contributed by atoms with Crippen LogP contribution in [0, 0.1) is 0 Å². The van der Waals surface area contributed by atoms with Gasteiger partial charge in [-0.15, -0.1) is 10.2 Å². The summed E-state index contributed by atoms with van der Waals surface area (Å²) >= 11 is 5.90. The van der Waals surface area contributed by atoms with Crippen LogP contribution in [0.4, 0.5) is 0 Å². The van der Waals surface area contributed by atoms with E-state index in [2.05, 4.69) is 30.4 Å². The van der Waals surface area contributed by atoms with Gasteiger partial charge in [-0.3, -0.25) is 4.99 Å². The van der Waals surface area contributed by atoms with Gasteiger partial charge in [0, 0.05) is 38.0 Å². The predicted octanol–water partition coefficient (Wildman–Crippen LogP) is 3.22. The van der Waals surface area contributed by atoms with Crippen LogP contribution in [0.5, 0.6) is 5.75 Å². The fourth-order valence-electron chi connectivity index (χ4n) is 3.43. The van der Waals surface area contributed by atoms with E-state index in [-0.39, 0.29) is 6.10 Å². The molecule has 1 atom stereocenters. The summed E-state index contributed by atoms with van der Waals surface area (Å²) < 4.78 is 8.20. The molecule has 0 amide bonds. The molecule has 0 saturated heterocycles. The van der Waals surface area contributed by atoms with Crippen molar-refractivity contribution in [2.24, 2.45) is 4.99 Å². The Balaban J connectivity index is 1.36. The lowest BCUT2D eigenvalue weighted by Gasteiger charge is -2.17. The Bertz CT molecular complexity index is 789. The van der Waals surface area contributed by atoms with Crippen molar-refractivity contribution in [2.45, 2.75) is 58.1 Å². The molecule has 1 aliphatic rings. The molecule has 29 heavy (non-hydrogen) atoms. The quantitative estimate of drug-likeness (QED) is 0.391. The van der Waals surface area contributed by atoms with E-state index in [1.807, 2.05) is 31.2 Å². The number of aliphatic imine (C=N–C) groups is 1. The third-order valence-corrected chi connectivity index (χ3v) is 5.24. The topological polar surface area (TPSA) is 76.4 Å². The van der Waals surface area contributed by atoms with Crippen LogP contribution in [0.3, 0.4) is 0 Å². The number of nitrogens with one attached hydrogen (secondary N) is 2. The highest BCUT2D eigenvalue weighted by atomic mass is 35.5. The first-order valence-electron chi connectivity index (χ1n) is 10.4. The molecule has 0 saturated carbocycles. The van der Waals surface area contributed by atoms with Crippen molar-refractivity contribution in [2.75, 3.05) is 20.1 Å². The Kier molecular flexibility index (Phi) is 8.16. The van der Waals surface area contributed by atoms with Crippen molar-refractivity contribution >= 4 is 17.6 Å². The van der Waals surface area contributed by atoms with Gasteiger partial charge in [-0.1, -0.05) is 18.0 Å². The third-order valence-electron chi connectivity index (χ3n) is 4.99. The van der Waals surface area contributed by atoms with Crippen molar-refractivity contribution in [1.29, 1.82) is 0 Å². The first-order valence-corrected chi connectivity index (χ1v) is 10.8. The number of hydrogen-bond donors (Lipinski definition) is 2. The van der Waals surface area contributed by atoms with Gasteiger partial charge in [-0.05, 0) is 50.5 Å². The molecule has 7 nitrogen and oxygen atoms in total. The van der Waals surface area contributed by atoms with Crippen LogP contribution in [-0.4, -0.2) is 47.0 Å². The maximum Gasteiger partial charge on any atom is 0.191 e. The van der Waals surface area contributed by atoms with Crippen molar-refractivity contribution < 1.29 is 4.74 Å². The van der Waals surface area contributed by atoms with Crippen LogP contribution in [-0.2, 0) is 19.4 Å². The largest absolute Gasteiger partial charge is 0.489 e. The molecular weight excluding hydrogens is 388 g/mol. The summed E-state index contributed by atoms with van der Waals surface area (Å²) in [6.07, 6.45) is 6.69. The lowest BCUT2D eigenvalue weighted by molar-refractivity contribution is 0.224. The summed E-state index contributed by atoms with van der Waals surface area (Å²) in [6.45, 7) is 4.56. The molecule has 1 aromatic carbocycles. The number of ether oxygens (including phenoxy) is 1. The fraction of sp³-hybridized carbons (Fsp3) is 0.571. The summed E-state index contributed by atoms with van der Waals surface area (Å²) in [6, 6.07) is 7.39. The Morgan fingerprint density at radius 2 is 2.03 bits per heavy atom. The zero-order valence-corrected chi connectivity index (χ0v) is 18.1. The molecule has 0 bridgehead atoms. The molecule has 2 heterocycles. The van der Waals surface area contributed by atoms with E-state index < -0.39 is 0 Å². The van der Waals surface area contributed by atoms with E-state index >= 15 is 0 Å². The number of aryl methyl sites for hydroxylation is 2. The zero-order chi connectivity index (χ0) is 20.5. The molecule has 158 valence electrons. The normalized spacial score (nSPS) is 15.3. The van der Waals surface area contributed by atoms with Crippen molar-refractivity contribution in [3.63, 3.8) is 0 Å². The number of hydrogen-bond acceptors (Lipinski definition) is 4. The predicted molar refractivity (Wildman–Crippen MR) is 117 cm³/mol. The Morgan fingerprint density at radius 3 is 2.83 bits per heavy atom. The molecule has 8 heteroatoms. The number of nitrogens with zero attached hydrogens (tertiary/aromatic N) is 4. The lowest BCUT2D eigenvalue weighted by Crippen LogP contribution is -2.42. The highest BCUT2D eigenvalue weighted by molar-refractivity contribution is 6.30. The van der Waals surface area contributed by atoms with Crippen LogP contribution in [0.25, 0.3) is 0 Å². The van der Waals surface area contributed by atoms with Crippen LogP contribution in [0.15, 0.2) is 29.3 Å². The first-order chi connectivity index (χ1) is 14.2. The van der Waals surface area contributed by atoms with E-state index in [0.717, 1.165) is 55.7 Å². The maximum atomic E-state index is 5.90. The minimum Gasteiger partial charge on any atom is -0.489 e. The number of rotatable bonds is 8. The van der Waals surface area contributed by atoms with E-state index in [1.165, 1.54) is 19.3 Å². The fourth-order valence-corrected chi connectivity index (χ4v) is 3.56. The molecule has 3 rings (SSSR count). The van der Waals surface area contributed by atoms with Gasteiger partial charge in [0.15, 0.2) is 5.96 Å². The van der Waals surface area contributed by atoms with Crippen molar-refractivity contribution in [3.8, 4) is 5.75 Å². The number of guanidine groups is 1. The van der Waals surface area contributed by atoms with E-state index in [1.54, 1.807) is 7.05 Å².